The monoisotopic (exact) mass is 227 g/mol. The number of esters is 1. The van der Waals surface area contributed by atoms with Crippen molar-refractivity contribution in [3.8, 4) is 0 Å². The standard InChI is InChI=1S/C13H25NO2/c1-10(13(15)16-3)9-14-11(2)12-7-5-4-6-8-12/h10-12,14H,4-9H2,1-3H3/t10?,11-/m0/s1. The fourth-order valence-corrected chi connectivity index (χ4v) is 2.45. The Bertz CT molecular complexity index is 212. The molecule has 3 nitrogen and oxygen atoms in total. The van der Waals surface area contributed by atoms with E-state index in [0.717, 1.165) is 12.5 Å². The number of carbonyl (C=O) groups is 1. The average Bonchev–Trinajstić information content (AvgIpc) is 2.35. The Morgan fingerprint density at radius 3 is 2.50 bits per heavy atom. The number of nitrogens with one attached hydrogen (secondary N) is 1. The summed E-state index contributed by atoms with van der Waals surface area (Å²) in [6, 6.07) is 0.521. The Hall–Kier alpha value is -0.570. The van der Waals surface area contributed by atoms with Crippen molar-refractivity contribution in [1.29, 1.82) is 0 Å². The van der Waals surface area contributed by atoms with Gasteiger partial charge in [0.1, 0.15) is 0 Å². The molecule has 0 aromatic carbocycles. The van der Waals surface area contributed by atoms with Gasteiger partial charge in [0.25, 0.3) is 0 Å². The number of hydrogen-bond donors (Lipinski definition) is 1. The van der Waals surface area contributed by atoms with Crippen molar-refractivity contribution in [2.75, 3.05) is 13.7 Å². The molecule has 0 heterocycles. The molecule has 0 aromatic rings. The first-order valence-corrected chi connectivity index (χ1v) is 6.46. The van der Waals surface area contributed by atoms with E-state index in [2.05, 4.69) is 12.2 Å². The summed E-state index contributed by atoms with van der Waals surface area (Å²) in [7, 11) is 1.45. The van der Waals surface area contributed by atoms with Crippen molar-refractivity contribution < 1.29 is 9.53 Å². The van der Waals surface area contributed by atoms with Crippen molar-refractivity contribution >= 4 is 5.97 Å². The van der Waals surface area contributed by atoms with Gasteiger partial charge in [-0.1, -0.05) is 26.2 Å². The zero-order chi connectivity index (χ0) is 12.0. The molecule has 1 aliphatic carbocycles. The van der Waals surface area contributed by atoms with Gasteiger partial charge in [0.2, 0.25) is 0 Å². The minimum atomic E-state index is -0.122. The van der Waals surface area contributed by atoms with Crippen molar-refractivity contribution in [2.45, 2.75) is 52.0 Å². The summed E-state index contributed by atoms with van der Waals surface area (Å²) in [4.78, 5) is 11.2. The van der Waals surface area contributed by atoms with E-state index < -0.39 is 0 Å². The maximum Gasteiger partial charge on any atom is 0.309 e. The lowest BCUT2D eigenvalue weighted by Gasteiger charge is -2.29. The summed E-state index contributed by atoms with van der Waals surface area (Å²) < 4.78 is 4.71. The van der Waals surface area contributed by atoms with Gasteiger partial charge in [-0.05, 0) is 25.7 Å². The lowest BCUT2D eigenvalue weighted by Crippen LogP contribution is -2.38. The van der Waals surface area contributed by atoms with Crippen LogP contribution in [-0.4, -0.2) is 25.7 Å². The fraction of sp³-hybridized carbons (Fsp3) is 0.923. The second-order valence-electron chi connectivity index (χ2n) is 5.02. The van der Waals surface area contributed by atoms with Crippen LogP contribution in [0, 0.1) is 11.8 Å². The topological polar surface area (TPSA) is 38.3 Å². The van der Waals surface area contributed by atoms with Gasteiger partial charge in [-0.3, -0.25) is 4.79 Å². The van der Waals surface area contributed by atoms with Crippen LogP contribution < -0.4 is 5.32 Å². The molecule has 1 N–H and O–H groups in total. The van der Waals surface area contributed by atoms with E-state index >= 15 is 0 Å². The normalized spacial score (nSPS) is 21.4. The van der Waals surface area contributed by atoms with Gasteiger partial charge in [-0.2, -0.15) is 0 Å². The first-order chi connectivity index (χ1) is 7.65. The molecule has 1 saturated carbocycles. The summed E-state index contributed by atoms with van der Waals surface area (Å²) in [5.41, 5.74) is 0. The van der Waals surface area contributed by atoms with Crippen molar-refractivity contribution in [3.63, 3.8) is 0 Å². The second kappa shape index (κ2) is 6.89. The molecule has 2 atom stereocenters. The molecule has 1 unspecified atom stereocenters. The van der Waals surface area contributed by atoms with Crippen LogP contribution in [0.3, 0.4) is 0 Å². The molecule has 0 aromatic heterocycles. The Kier molecular flexibility index (Phi) is 5.81. The van der Waals surface area contributed by atoms with Crippen LogP contribution in [0.2, 0.25) is 0 Å². The zero-order valence-electron chi connectivity index (χ0n) is 10.8. The van der Waals surface area contributed by atoms with E-state index in [1.54, 1.807) is 0 Å². The van der Waals surface area contributed by atoms with Gasteiger partial charge in [-0.25, -0.2) is 0 Å². The van der Waals surface area contributed by atoms with E-state index in [4.69, 9.17) is 4.74 Å². The average molecular weight is 227 g/mol. The molecule has 0 amide bonds. The highest BCUT2D eigenvalue weighted by atomic mass is 16.5. The molecule has 94 valence electrons. The van der Waals surface area contributed by atoms with E-state index in [1.165, 1.54) is 39.2 Å². The third-order valence-electron chi connectivity index (χ3n) is 3.71. The first kappa shape index (κ1) is 13.5. The number of carbonyl (C=O) groups excluding carboxylic acids is 1. The maximum atomic E-state index is 11.2. The number of methoxy groups -OCH3 is 1. The number of hydrogen-bond acceptors (Lipinski definition) is 3. The van der Waals surface area contributed by atoms with Gasteiger partial charge in [0, 0.05) is 12.6 Å². The molecule has 1 rings (SSSR count). The minimum absolute atomic E-state index is 0.0453. The Labute approximate surface area is 98.9 Å². The Morgan fingerprint density at radius 2 is 1.94 bits per heavy atom. The third-order valence-corrected chi connectivity index (χ3v) is 3.71. The highest BCUT2D eigenvalue weighted by Gasteiger charge is 2.21. The summed E-state index contributed by atoms with van der Waals surface area (Å²) in [5, 5.41) is 3.47. The lowest BCUT2D eigenvalue weighted by atomic mass is 9.84. The van der Waals surface area contributed by atoms with E-state index in [9.17, 15) is 4.79 Å². The molecule has 1 fully saturated rings. The maximum absolute atomic E-state index is 11.2. The van der Waals surface area contributed by atoms with E-state index in [1.807, 2.05) is 6.92 Å². The first-order valence-electron chi connectivity index (χ1n) is 6.46. The van der Waals surface area contributed by atoms with Gasteiger partial charge in [0.05, 0.1) is 13.0 Å². The van der Waals surface area contributed by atoms with Crippen molar-refractivity contribution in [3.05, 3.63) is 0 Å². The summed E-state index contributed by atoms with van der Waals surface area (Å²) in [6.45, 7) is 4.87. The molecule has 0 aliphatic heterocycles. The molecule has 3 heteroatoms. The molecule has 16 heavy (non-hydrogen) atoms. The number of rotatable bonds is 5. The quantitative estimate of drug-likeness (QED) is 0.733. The number of ether oxygens (including phenoxy) is 1. The van der Waals surface area contributed by atoms with Gasteiger partial charge >= 0.3 is 5.97 Å². The lowest BCUT2D eigenvalue weighted by molar-refractivity contribution is -0.144. The molecular weight excluding hydrogens is 202 g/mol. The summed E-state index contributed by atoms with van der Waals surface area (Å²) >= 11 is 0. The van der Waals surface area contributed by atoms with Crippen LogP contribution in [0.15, 0.2) is 0 Å². The Morgan fingerprint density at radius 1 is 1.31 bits per heavy atom. The molecule has 0 bridgehead atoms. The van der Waals surface area contributed by atoms with Crippen LogP contribution in [0.1, 0.15) is 46.0 Å². The fourth-order valence-electron chi connectivity index (χ4n) is 2.45. The van der Waals surface area contributed by atoms with E-state index in [0.29, 0.717) is 6.04 Å². The van der Waals surface area contributed by atoms with E-state index in [-0.39, 0.29) is 11.9 Å². The van der Waals surface area contributed by atoms with Crippen LogP contribution in [0.5, 0.6) is 0 Å². The zero-order valence-corrected chi connectivity index (χ0v) is 10.8. The van der Waals surface area contributed by atoms with Crippen molar-refractivity contribution in [2.24, 2.45) is 11.8 Å². The van der Waals surface area contributed by atoms with Crippen molar-refractivity contribution in [1.82, 2.24) is 5.32 Å². The Balaban J connectivity index is 2.23. The highest BCUT2D eigenvalue weighted by molar-refractivity contribution is 5.72. The molecule has 0 saturated heterocycles. The second-order valence-corrected chi connectivity index (χ2v) is 5.02. The summed E-state index contributed by atoms with van der Waals surface area (Å²) in [6.07, 6.45) is 6.79. The van der Waals surface area contributed by atoms with Crippen LogP contribution in [0.25, 0.3) is 0 Å². The smallest absolute Gasteiger partial charge is 0.309 e. The highest BCUT2D eigenvalue weighted by Crippen LogP contribution is 2.26. The predicted molar refractivity (Wildman–Crippen MR) is 65.2 cm³/mol. The molecule has 1 aliphatic rings. The minimum Gasteiger partial charge on any atom is -0.469 e. The van der Waals surface area contributed by atoms with Crippen LogP contribution in [-0.2, 0) is 9.53 Å². The predicted octanol–water partition coefficient (Wildman–Crippen LogP) is 2.35. The molecular formula is C13H25NO2. The third kappa shape index (κ3) is 4.12. The molecule has 0 spiro atoms. The summed E-state index contributed by atoms with van der Waals surface area (Å²) in [5.74, 6) is 0.623. The van der Waals surface area contributed by atoms with Crippen LogP contribution >= 0.6 is 0 Å². The van der Waals surface area contributed by atoms with Crippen LogP contribution in [0.4, 0.5) is 0 Å². The van der Waals surface area contributed by atoms with Gasteiger partial charge in [0.15, 0.2) is 0 Å². The molecule has 0 radical (unpaired) electrons. The largest absolute Gasteiger partial charge is 0.469 e. The van der Waals surface area contributed by atoms with Gasteiger partial charge < -0.3 is 10.1 Å². The SMILES string of the molecule is COC(=O)C(C)CN[C@@H](C)C1CCCCC1. The van der Waals surface area contributed by atoms with Gasteiger partial charge in [-0.15, -0.1) is 0 Å².